The number of rotatable bonds is 6. The summed E-state index contributed by atoms with van der Waals surface area (Å²) in [6, 6.07) is 14.3. The van der Waals surface area contributed by atoms with Gasteiger partial charge < -0.3 is 14.5 Å². The zero-order chi connectivity index (χ0) is 22.0. The number of amides is 2. The van der Waals surface area contributed by atoms with Crippen LogP contribution in [0.15, 0.2) is 48.5 Å². The van der Waals surface area contributed by atoms with Crippen LogP contribution >= 0.6 is 11.3 Å². The van der Waals surface area contributed by atoms with Crippen molar-refractivity contribution in [3.63, 3.8) is 0 Å². The molecule has 1 aliphatic rings. The quantitative estimate of drug-likeness (QED) is 0.566. The first-order valence-corrected chi connectivity index (χ1v) is 11.2. The Kier molecular flexibility index (Phi) is 6.23. The van der Waals surface area contributed by atoms with Crippen molar-refractivity contribution in [2.75, 3.05) is 33.3 Å². The molecule has 0 aliphatic carbocycles. The van der Waals surface area contributed by atoms with Gasteiger partial charge in [-0.1, -0.05) is 30.3 Å². The lowest BCUT2D eigenvalue weighted by molar-refractivity contribution is -0.127. The fourth-order valence-corrected chi connectivity index (χ4v) is 5.32. The monoisotopic (exact) mass is 440 g/mol. The third kappa shape index (κ3) is 4.42. The molecule has 2 heterocycles. The third-order valence-corrected chi connectivity index (χ3v) is 6.91. The maximum absolute atomic E-state index is 13.7. The molecule has 1 aliphatic heterocycles. The molecule has 0 saturated carbocycles. The molecule has 2 amide bonds. The van der Waals surface area contributed by atoms with Gasteiger partial charge in [-0.05, 0) is 35.6 Å². The maximum Gasteiger partial charge on any atom is 0.264 e. The summed E-state index contributed by atoms with van der Waals surface area (Å²) in [6.45, 7) is 3.47. The van der Waals surface area contributed by atoms with Crippen LogP contribution in [0.1, 0.15) is 34.5 Å². The van der Waals surface area contributed by atoms with Gasteiger partial charge in [0.05, 0.1) is 11.4 Å². The minimum atomic E-state index is -0.417. The largest absolute Gasteiger partial charge is 0.489 e. The number of benzene rings is 2. The average Bonchev–Trinajstić information content (AvgIpc) is 3.39. The molecule has 4 rings (SSSR count). The van der Waals surface area contributed by atoms with Crippen LogP contribution in [-0.2, 0) is 4.79 Å². The molecule has 5 nitrogen and oxygen atoms in total. The second-order valence-corrected chi connectivity index (χ2v) is 8.85. The first-order valence-electron chi connectivity index (χ1n) is 10.4. The summed E-state index contributed by atoms with van der Waals surface area (Å²) < 4.78 is 20.3. The summed E-state index contributed by atoms with van der Waals surface area (Å²) in [4.78, 5) is 29.3. The molecular weight excluding hydrogens is 415 g/mol. The minimum absolute atomic E-state index is 0.0670. The average molecular weight is 441 g/mol. The lowest BCUT2D eigenvalue weighted by atomic mass is 9.95. The van der Waals surface area contributed by atoms with Crippen LogP contribution in [0, 0.1) is 5.82 Å². The molecule has 1 fully saturated rings. The molecule has 1 atom stereocenters. The van der Waals surface area contributed by atoms with Crippen LogP contribution in [0.5, 0.6) is 5.75 Å². The number of nitrogens with zero attached hydrogens (tertiary/aromatic N) is 2. The topological polar surface area (TPSA) is 49.9 Å². The second-order valence-electron chi connectivity index (χ2n) is 7.80. The van der Waals surface area contributed by atoms with Crippen molar-refractivity contribution in [3.8, 4) is 5.75 Å². The molecule has 0 spiro atoms. The number of carbonyl (C=O) groups excluding carboxylic acids is 2. The summed E-state index contributed by atoms with van der Waals surface area (Å²) >= 11 is 1.49. The van der Waals surface area contributed by atoms with Crippen molar-refractivity contribution >= 4 is 33.2 Å². The SMILES string of the molecule is CC(=O)N1CC[C@@H](c2c(C(=O)N(C)CCOc3ccccc3F)sc3ccccc23)C1. The molecule has 2 aromatic carbocycles. The van der Waals surface area contributed by atoms with E-state index in [1.807, 2.05) is 23.1 Å². The fraction of sp³-hybridized carbons (Fsp3) is 0.333. The summed E-state index contributed by atoms with van der Waals surface area (Å²) in [5.74, 6) is -0.102. The molecule has 0 N–H and O–H groups in total. The van der Waals surface area contributed by atoms with Gasteiger partial charge in [-0.2, -0.15) is 0 Å². The van der Waals surface area contributed by atoms with E-state index in [0.29, 0.717) is 24.5 Å². The van der Waals surface area contributed by atoms with Crippen molar-refractivity contribution < 1.29 is 18.7 Å². The van der Waals surface area contributed by atoms with Crippen LogP contribution < -0.4 is 4.74 Å². The van der Waals surface area contributed by atoms with E-state index in [0.717, 1.165) is 22.1 Å². The van der Waals surface area contributed by atoms with Gasteiger partial charge >= 0.3 is 0 Å². The van der Waals surface area contributed by atoms with E-state index in [9.17, 15) is 14.0 Å². The number of thiophene rings is 1. The van der Waals surface area contributed by atoms with Gasteiger partial charge in [0.25, 0.3) is 5.91 Å². The van der Waals surface area contributed by atoms with E-state index in [-0.39, 0.29) is 30.1 Å². The summed E-state index contributed by atoms with van der Waals surface area (Å²) in [5.41, 5.74) is 1.04. The first-order chi connectivity index (χ1) is 15.0. The summed E-state index contributed by atoms with van der Waals surface area (Å²) in [6.07, 6.45) is 0.848. The number of likely N-dealkylation sites (tertiary alicyclic amines) is 1. The molecule has 1 saturated heterocycles. The number of halogens is 1. The van der Waals surface area contributed by atoms with Crippen LogP contribution in [0.3, 0.4) is 0 Å². The highest BCUT2D eigenvalue weighted by Crippen LogP contribution is 2.40. The van der Waals surface area contributed by atoms with Gasteiger partial charge in [-0.25, -0.2) is 4.39 Å². The molecule has 162 valence electrons. The zero-order valence-corrected chi connectivity index (χ0v) is 18.5. The third-order valence-electron chi connectivity index (χ3n) is 5.74. The van der Waals surface area contributed by atoms with E-state index in [1.165, 1.54) is 17.4 Å². The Labute approximate surface area is 185 Å². The van der Waals surface area contributed by atoms with E-state index in [2.05, 4.69) is 6.07 Å². The van der Waals surface area contributed by atoms with Crippen LogP contribution in [0.25, 0.3) is 10.1 Å². The lowest BCUT2D eigenvalue weighted by Gasteiger charge is -2.19. The highest BCUT2D eigenvalue weighted by molar-refractivity contribution is 7.21. The number of para-hydroxylation sites is 1. The number of carbonyl (C=O) groups is 2. The van der Waals surface area contributed by atoms with Crippen LogP contribution in [0.2, 0.25) is 0 Å². The summed E-state index contributed by atoms with van der Waals surface area (Å²) in [7, 11) is 1.73. The fourth-order valence-electron chi connectivity index (χ4n) is 4.04. The van der Waals surface area contributed by atoms with Gasteiger partial charge in [0.2, 0.25) is 5.91 Å². The smallest absolute Gasteiger partial charge is 0.264 e. The predicted octanol–water partition coefficient (Wildman–Crippen LogP) is 4.53. The van der Waals surface area contributed by atoms with Gasteiger partial charge in [0, 0.05) is 37.7 Å². The molecule has 0 unspecified atom stereocenters. The van der Waals surface area contributed by atoms with Gasteiger partial charge in [0.1, 0.15) is 6.61 Å². The number of likely N-dealkylation sites (N-methyl/N-ethyl adjacent to an activating group) is 1. The highest BCUT2D eigenvalue weighted by Gasteiger charge is 2.32. The molecule has 1 aromatic heterocycles. The number of ether oxygens (including phenoxy) is 1. The second kappa shape index (κ2) is 9.06. The number of hydrogen-bond acceptors (Lipinski definition) is 4. The van der Waals surface area contributed by atoms with Crippen molar-refractivity contribution in [1.29, 1.82) is 0 Å². The standard InChI is InChI=1S/C24H25FN2O3S/c1-16(28)27-12-11-17(15-27)22-18-7-3-6-10-21(18)31-23(22)24(29)26(2)13-14-30-20-9-5-4-8-19(20)25/h3-10,17H,11-15H2,1-2H3/t17-/m1/s1. The maximum atomic E-state index is 13.7. The van der Waals surface area contributed by atoms with Gasteiger partial charge in [-0.3, -0.25) is 9.59 Å². The van der Waals surface area contributed by atoms with Crippen molar-refractivity contribution in [3.05, 3.63) is 64.8 Å². The van der Waals surface area contributed by atoms with Crippen LogP contribution in [-0.4, -0.2) is 54.9 Å². The molecule has 0 bridgehead atoms. The van der Waals surface area contributed by atoms with E-state index in [4.69, 9.17) is 4.74 Å². The number of hydrogen-bond donors (Lipinski definition) is 0. The number of fused-ring (bicyclic) bond motifs is 1. The Morgan fingerprint density at radius 3 is 2.68 bits per heavy atom. The Balaban J connectivity index is 1.53. The van der Waals surface area contributed by atoms with Gasteiger partial charge in [-0.15, -0.1) is 11.3 Å². The molecule has 0 radical (unpaired) electrons. The Morgan fingerprint density at radius 1 is 1.19 bits per heavy atom. The summed E-state index contributed by atoms with van der Waals surface area (Å²) in [5, 5.41) is 1.09. The van der Waals surface area contributed by atoms with Crippen molar-refractivity contribution in [1.82, 2.24) is 9.80 Å². The predicted molar refractivity (Wildman–Crippen MR) is 120 cm³/mol. The molecule has 3 aromatic rings. The molecule has 7 heteroatoms. The zero-order valence-electron chi connectivity index (χ0n) is 17.6. The van der Waals surface area contributed by atoms with E-state index >= 15 is 0 Å². The minimum Gasteiger partial charge on any atom is -0.489 e. The van der Waals surface area contributed by atoms with E-state index in [1.54, 1.807) is 37.1 Å². The Morgan fingerprint density at radius 2 is 1.94 bits per heavy atom. The molecule has 31 heavy (non-hydrogen) atoms. The van der Waals surface area contributed by atoms with Crippen molar-refractivity contribution in [2.24, 2.45) is 0 Å². The molecular formula is C24H25FN2O3S. The lowest BCUT2D eigenvalue weighted by Crippen LogP contribution is -2.31. The van der Waals surface area contributed by atoms with Gasteiger partial charge in [0.15, 0.2) is 11.6 Å². The Hall–Kier alpha value is -2.93. The van der Waals surface area contributed by atoms with E-state index < -0.39 is 5.82 Å². The van der Waals surface area contributed by atoms with Crippen LogP contribution in [0.4, 0.5) is 4.39 Å². The van der Waals surface area contributed by atoms with Crippen molar-refractivity contribution in [2.45, 2.75) is 19.3 Å². The highest BCUT2D eigenvalue weighted by atomic mass is 32.1. The normalized spacial score (nSPS) is 16.0. The Bertz CT molecular complexity index is 1110. The first kappa shape index (κ1) is 21.3.